The Hall–Kier alpha value is -2.80. The van der Waals surface area contributed by atoms with E-state index in [1.807, 2.05) is 0 Å². The predicted octanol–water partition coefficient (Wildman–Crippen LogP) is 3.26. The van der Waals surface area contributed by atoms with Crippen LogP contribution in [-0.2, 0) is 4.74 Å². The molecule has 0 atom stereocenters. The molecule has 1 N–H and O–H groups in total. The lowest BCUT2D eigenvalue weighted by atomic mass is 10.1. The molecule has 0 unspecified atom stereocenters. The number of rotatable bonds is 5. The summed E-state index contributed by atoms with van der Waals surface area (Å²) >= 11 is 6.03. The van der Waals surface area contributed by atoms with Crippen LogP contribution in [0.1, 0.15) is 49.4 Å². The lowest BCUT2D eigenvalue weighted by molar-refractivity contribution is 0.0473. The number of aromatic nitrogens is 1. The Bertz CT molecular complexity index is 930. The van der Waals surface area contributed by atoms with Crippen LogP contribution in [0, 0.1) is 13.8 Å². The number of esters is 1. The number of ketones is 2. The summed E-state index contributed by atoms with van der Waals surface area (Å²) in [6.07, 6.45) is 0. The van der Waals surface area contributed by atoms with Gasteiger partial charge in [-0.2, -0.15) is 0 Å². The van der Waals surface area contributed by atoms with Gasteiger partial charge >= 0.3 is 5.97 Å². The lowest BCUT2D eigenvalue weighted by Gasteiger charge is -2.06. The minimum absolute atomic E-state index is 0.0238. The summed E-state index contributed by atoms with van der Waals surface area (Å²) in [6, 6.07) is 2.83. The van der Waals surface area contributed by atoms with Crippen LogP contribution in [0.15, 0.2) is 12.1 Å². The lowest BCUT2D eigenvalue weighted by Crippen LogP contribution is -2.15. The smallest absolute Gasteiger partial charge is 0.338 e. The molecule has 8 heteroatoms. The Morgan fingerprint density at radius 3 is 2.62 bits per heavy atom. The highest BCUT2D eigenvalue weighted by Gasteiger charge is 2.23. The van der Waals surface area contributed by atoms with Gasteiger partial charge in [-0.3, -0.25) is 9.59 Å². The SMILES string of the molecule is CC(=O)c1c(C)[nH]c(C(=O)COC(=O)c2cc(Cl)c3c(c2)OCO3)c1C. The standard InChI is InChI=1S/C18H16ClNO6/c1-8-15(10(3)21)9(2)20-16(8)13(22)6-24-18(23)11-4-12(19)17-14(5-11)25-7-26-17/h4-5,20H,6-7H2,1-3H3. The summed E-state index contributed by atoms with van der Waals surface area (Å²) in [7, 11) is 0. The first kappa shape index (κ1) is 18.0. The summed E-state index contributed by atoms with van der Waals surface area (Å²) < 4.78 is 15.4. The van der Waals surface area contributed by atoms with Crippen molar-refractivity contribution in [2.45, 2.75) is 20.8 Å². The third kappa shape index (κ3) is 3.17. The van der Waals surface area contributed by atoms with Crippen molar-refractivity contribution in [1.82, 2.24) is 4.98 Å². The van der Waals surface area contributed by atoms with Crippen molar-refractivity contribution in [3.8, 4) is 11.5 Å². The van der Waals surface area contributed by atoms with E-state index in [1.54, 1.807) is 13.8 Å². The van der Waals surface area contributed by atoms with E-state index >= 15 is 0 Å². The van der Waals surface area contributed by atoms with Crippen molar-refractivity contribution in [3.05, 3.63) is 45.2 Å². The molecule has 0 radical (unpaired) electrons. The molecule has 1 aliphatic heterocycles. The molecule has 0 fully saturated rings. The van der Waals surface area contributed by atoms with Gasteiger partial charge < -0.3 is 19.2 Å². The molecule has 26 heavy (non-hydrogen) atoms. The number of aromatic amines is 1. The van der Waals surface area contributed by atoms with Gasteiger partial charge in [0, 0.05) is 11.3 Å². The second kappa shape index (κ2) is 6.84. The van der Waals surface area contributed by atoms with E-state index in [2.05, 4.69) is 4.98 Å². The van der Waals surface area contributed by atoms with E-state index in [9.17, 15) is 14.4 Å². The molecule has 0 bridgehead atoms. The van der Waals surface area contributed by atoms with Gasteiger partial charge in [0.1, 0.15) is 0 Å². The molecule has 2 aromatic rings. The van der Waals surface area contributed by atoms with Crippen LogP contribution in [0.2, 0.25) is 5.02 Å². The van der Waals surface area contributed by atoms with Gasteiger partial charge in [-0.05, 0) is 38.5 Å². The Kier molecular flexibility index (Phi) is 4.73. The van der Waals surface area contributed by atoms with E-state index in [4.69, 9.17) is 25.8 Å². The number of H-pyrrole nitrogens is 1. The number of ether oxygens (including phenoxy) is 3. The first-order valence-corrected chi connectivity index (χ1v) is 8.17. The molecule has 7 nitrogen and oxygen atoms in total. The normalized spacial score (nSPS) is 12.2. The Morgan fingerprint density at radius 1 is 1.23 bits per heavy atom. The molecule has 0 spiro atoms. The number of fused-ring (bicyclic) bond motifs is 1. The number of carbonyl (C=O) groups is 3. The predicted molar refractivity (Wildman–Crippen MR) is 92.5 cm³/mol. The molecule has 0 saturated heterocycles. The molecular weight excluding hydrogens is 362 g/mol. The highest BCUT2D eigenvalue weighted by molar-refractivity contribution is 6.32. The molecule has 0 aliphatic carbocycles. The van der Waals surface area contributed by atoms with Crippen molar-refractivity contribution >= 4 is 29.1 Å². The second-order valence-electron chi connectivity index (χ2n) is 5.87. The topological polar surface area (TPSA) is 94.7 Å². The molecule has 1 aliphatic rings. The molecule has 1 aromatic heterocycles. The summed E-state index contributed by atoms with van der Waals surface area (Å²) in [5.74, 6) is -0.571. The molecule has 1 aromatic carbocycles. The monoisotopic (exact) mass is 377 g/mol. The van der Waals surface area contributed by atoms with E-state index in [-0.39, 0.29) is 28.9 Å². The number of benzene rings is 1. The molecule has 136 valence electrons. The molecule has 3 rings (SSSR count). The summed E-state index contributed by atoms with van der Waals surface area (Å²) in [6.45, 7) is 4.37. The fraction of sp³-hybridized carbons (Fsp3) is 0.278. The summed E-state index contributed by atoms with van der Waals surface area (Å²) in [5, 5.41) is 0.222. The van der Waals surface area contributed by atoms with Crippen LogP contribution in [0.3, 0.4) is 0 Å². The average Bonchev–Trinajstić information content (AvgIpc) is 3.16. The maximum atomic E-state index is 12.4. The molecule has 0 saturated carbocycles. The second-order valence-corrected chi connectivity index (χ2v) is 6.28. The fourth-order valence-electron chi connectivity index (χ4n) is 2.93. The van der Waals surface area contributed by atoms with Crippen molar-refractivity contribution in [1.29, 1.82) is 0 Å². The Balaban J connectivity index is 1.72. The number of nitrogens with one attached hydrogen (secondary N) is 1. The maximum Gasteiger partial charge on any atom is 0.338 e. The molecule has 2 heterocycles. The minimum Gasteiger partial charge on any atom is -0.454 e. The molecular formula is C18H16ClNO6. The fourth-order valence-corrected chi connectivity index (χ4v) is 3.19. The maximum absolute atomic E-state index is 12.4. The highest BCUT2D eigenvalue weighted by atomic mass is 35.5. The van der Waals surface area contributed by atoms with Gasteiger partial charge in [0.25, 0.3) is 0 Å². The van der Waals surface area contributed by atoms with Crippen LogP contribution in [0.25, 0.3) is 0 Å². The minimum atomic E-state index is -0.716. The third-order valence-corrected chi connectivity index (χ3v) is 4.35. The average molecular weight is 378 g/mol. The Morgan fingerprint density at radius 2 is 1.96 bits per heavy atom. The van der Waals surface area contributed by atoms with Crippen LogP contribution in [-0.4, -0.2) is 35.9 Å². The van der Waals surface area contributed by atoms with Gasteiger partial charge in [0.2, 0.25) is 12.6 Å². The van der Waals surface area contributed by atoms with E-state index < -0.39 is 18.4 Å². The Labute approximate surface area is 154 Å². The number of hydrogen-bond donors (Lipinski definition) is 1. The number of hydrogen-bond acceptors (Lipinski definition) is 6. The zero-order valence-corrected chi connectivity index (χ0v) is 15.2. The molecule has 0 amide bonds. The van der Waals surface area contributed by atoms with Crippen molar-refractivity contribution in [3.63, 3.8) is 0 Å². The van der Waals surface area contributed by atoms with Crippen LogP contribution >= 0.6 is 11.6 Å². The van der Waals surface area contributed by atoms with Gasteiger partial charge in [0.15, 0.2) is 23.9 Å². The number of aryl methyl sites for hydroxylation is 1. The quantitative estimate of drug-likeness (QED) is 0.634. The van der Waals surface area contributed by atoms with Gasteiger partial charge in [0.05, 0.1) is 16.3 Å². The number of carbonyl (C=O) groups excluding carboxylic acids is 3. The van der Waals surface area contributed by atoms with E-state index in [0.717, 1.165) is 0 Å². The number of Topliss-reactive ketones (excluding diaryl/α,β-unsaturated/α-hetero) is 2. The first-order valence-electron chi connectivity index (χ1n) is 7.79. The van der Waals surface area contributed by atoms with Crippen molar-refractivity contribution < 1.29 is 28.6 Å². The third-order valence-electron chi connectivity index (χ3n) is 4.07. The summed E-state index contributed by atoms with van der Waals surface area (Å²) in [4.78, 5) is 39.1. The zero-order chi connectivity index (χ0) is 19.0. The van der Waals surface area contributed by atoms with Crippen LogP contribution < -0.4 is 9.47 Å². The van der Waals surface area contributed by atoms with Gasteiger partial charge in [-0.25, -0.2) is 4.79 Å². The van der Waals surface area contributed by atoms with E-state index in [0.29, 0.717) is 28.3 Å². The largest absolute Gasteiger partial charge is 0.454 e. The van der Waals surface area contributed by atoms with Crippen LogP contribution in [0.4, 0.5) is 0 Å². The zero-order valence-electron chi connectivity index (χ0n) is 14.4. The van der Waals surface area contributed by atoms with Crippen molar-refractivity contribution in [2.24, 2.45) is 0 Å². The van der Waals surface area contributed by atoms with Crippen LogP contribution in [0.5, 0.6) is 11.5 Å². The first-order chi connectivity index (χ1) is 12.3. The van der Waals surface area contributed by atoms with Gasteiger partial charge in [-0.15, -0.1) is 0 Å². The highest BCUT2D eigenvalue weighted by Crippen LogP contribution is 2.39. The van der Waals surface area contributed by atoms with E-state index in [1.165, 1.54) is 19.1 Å². The van der Waals surface area contributed by atoms with Gasteiger partial charge in [-0.1, -0.05) is 11.6 Å². The summed E-state index contributed by atoms with van der Waals surface area (Å²) in [5.41, 5.74) is 2.02. The number of halogens is 1. The van der Waals surface area contributed by atoms with Crippen molar-refractivity contribution in [2.75, 3.05) is 13.4 Å².